The van der Waals surface area contributed by atoms with Crippen molar-refractivity contribution in [3.63, 3.8) is 0 Å². The van der Waals surface area contributed by atoms with Gasteiger partial charge in [0.1, 0.15) is 5.84 Å². The Kier molecular flexibility index (Phi) is 3.02. The van der Waals surface area contributed by atoms with Crippen LogP contribution in [0.5, 0.6) is 0 Å². The summed E-state index contributed by atoms with van der Waals surface area (Å²) in [4.78, 5) is 0. The molecule has 15 heavy (non-hydrogen) atoms. The van der Waals surface area contributed by atoms with Gasteiger partial charge in [0.05, 0.1) is 12.7 Å². The van der Waals surface area contributed by atoms with Gasteiger partial charge in [-0.2, -0.15) is 0 Å². The van der Waals surface area contributed by atoms with Gasteiger partial charge in [0, 0.05) is 5.56 Å². The smallest absolute Gasteiger partial charge is 0.123 e. The van der Waals surface area contributed by atoms with Gasteiger partial charge in [-0.05, 0) is 24.8 Å². The molecular formula is C12H16N2O. The standard InChI is InChI=1S/C12H16N2O/c13-12(14)11-7-2-1-4-9(11)8-15-10-5-3-6-10/h1-2,4,7,10H,3,5-6,8H2,(H3,13,14). The van der Waals surface area contributed by atoms with E-state index in [2.05, 4.69) is 0 Å². The average Bonchev–Trinajstić information content (AvgIpc) is 2.16. The molecule has 0 unspecified atom stereocenters. The maximum Gasteiger partial charge on any atom is 0.123 e. The fraction of sp³-hybridized carbons (Fsp3) is 0.417. The number of ether oxygens (including phenoxy) is 1. The van der Waals surface area contributed by atoms with Gasteiger partial charge in [0.15, 0.2) is 0 Å². The van der Waals surface area contributed by atoms with E-state index in [-0.39, 0.29) is 5.84 Å². The predicted molar refractivity (Wildman–Crippen MR) is 59.9 cm³/mol. The molecule has 0 amide bonds. The number of nitrogen functional groups attached to an aromatic ring is 1. The zero-order valence-electron chi connectivity index (χ0n) is 8.70. The molecule has 3 N–H and O–H groups in total. The molecule has 1 aromatic rings. The molecule has 0 aromatic heterocycles. The highest BCUT2D eigenvalue weighted by Gasteiger charge is 2.18. The summed E-state index contributed by atoms with van der Waals surface area (Å²) in [5.41, 5.74) is 7.29. The van der Waals surface area contributed by atoms with E-state index in [0.717, 1.165) is 11.1 Å². The quantitative estimate of drug-likeness (QED) is 0.582. The number of rotatable bonds is 4. The Morgan fingerprint density at radius 3 is 2.73 bits per heavy atom. The molecule has 1 aliphatic carbocycles. The van der Waals surface area contributed by atoms with E-state index in [1.54, 1.807) is 0 Å². The zero-order valence-corrected chi connectivity index (χ0v) is 8.70. The summed E-state index contributed by atoms with van der Waals surface area (Å²) in [6.45, 7) is 0.570. The molecule has 3 heteroatoms. The van der Waals surface area contributed by atoms with Gasteiger partial charge in [-0.3, -0.25) is 5.41 Å². The van der Waals surface area contributed by atoms with Crippen LogP contribution in [0.2, 0.25) is 0 Å². The van der Waals surface area contributed by atoms with Gasteiger partial charge < -0.3 is 10.5 Å². The lowest BCUT2D eigenvalue weighted by molar-refractivity contribution is -0.00871. The van der Waals surface area contributed by atoms with E-state index < -0.39 is 0 Å². The molecule has 0 atom stereocenters. The molecule has 1 saturated carbocycles. The molecule has 80 valence electrons. The van der Waals surface area contributed by atoms with E-state index in [1.165, 1.54) is 19.3 Å². The van der Waals surface area contributed by atoms with Crippen LogP contribution in [0.4, 0.5) is 0 Å². The molecule has 0 radical (unpaired) electrons. The Bertz CT molecular complexity index is 358. The van der Waals surface area contributed by atoms with Crippen molar-refractivity contribution in [2.45, 2.75) is 32.0 Å². The maximum atomic E-state index is 7.44. The summed E-state index contributed by atoms with van der Waals surface area (Å²) >= 11 is 0. The second-order valence-corrected chi connectivity index (χ2v) is 3.93. The van der Waals surface area contributed by atoms with Gasteiger partial charge in [0.2, 0.25) is 0 Å². The summed E-state index contributed by atoms with van der Waals surface area (Å²) in [5.74, 6) is 0.114. The van der Waals surface area contributed by atoms with Crippen LogP contribution < -0.4 is 5.73 Å². The SMILES string of the molecule is N=C(N)c1ccccc1COC1CCC1. The van der Waals surface area contributed by atoms with Crippen LogP contribution in [0, 0.1) is 5.41 Å². The average molecular weight is 204 g/mol. The summed E-state index contributed by atoms with van der Waals surface area (Å²) in [7, 11) is 0. The van der Waals surface area contributed by atoms with Crippen LogP contribution in [0.15, 0.2) is 24.3 Å². The lowest BCUT2D eigenvalue weighted by Crippen LogP contribution is -2.22. The minimum atomic E-state index is 0.114. The van der Waals surface area contributed by atoms with Crippen LogP contribution in [-0.2, 0) is 11.3 Å². The number of nitrogens with two attached hydrogens (primary N) is 1. The topological polar surface area (TPSA) is 59.1 Å². The number of benzene rings is 1. The Morgan fingerprint density at radius 1 is 1.40 bits per heavy atom. The molecular weight excluding hydrogens is 188 g/mol. The number of amidine groups is 1. The lowest BCUT2D eigenvalue weighted by Gasteiger charge is -2.25. The van der Waals surface area contributed by atoms with Crippen molar-refractivity contribution in [2.75, 3.05) is 0 Å². The van der Waals surface area contributed by atoms with Gasteiger partial charge in [-0.25, -0.2) is 0 Å². The first-order valence-electron chi connectivity index (χ1n) is 5.31. The third-order valence-electron chi connectivity index (χ3n) is 2.83. The van der Waals surface area contributed by atoms with Crippen LogP contribution in [0.1, 0.15) is 30.4 Å². The highest BCUT2D eigenvalue weighted by Crippen LogP contribution is 2.23. The van der Waals surface area contributed by atoms with Gasteiger partial charge >= 0.3 is 0 Å². The Labute approximate surface area is 89.8 Å². The van der Waals surface area contributed by atoms with E-state index in [4.69, 9.17) is 15.9 Å². The summed E-state index contributed by atoms with van der Waals surface area (Å²) < 4.78 is 5.70. The van der Waals surface area contributed by atoms with Crippen molar-refractivity contribution in [3.05, 3.63) is 35.4 Å². The highest BCUT2D eigenvalue weighted by molar-refractivity contribution is 5.96. The molecule has 1 aliphatic rings. The molecule has 1 aromatic carbocycles. The molecule has 3 nitrogen and oxygen atoms in total. The first kappa shape index (κ1) is 10.2. The van der Waals surface area contributed by atoms with Crippen molar-refractivity contribution in [2.24, 2.45) is 5.73 Å². The fourth-order valence-electron chi connectivity index (χ4n) is 1.65. The largest absolute Gasteiger partial charge is 0.384 e. The number of nitrogens with one attached hydrogen (secondary N) is 1. The maximum absolute atomic E-state index is 7.44. The van der Waals surface area contributed by atoms with E-state index in [1.807, 2.05) is 24.3 Å². The predicted octanol–water partition coefficient (Wildman–Crippen LogP) is 2.04. The third kappa shape index (κ3) is 2.36. The van der Waals surface area contributed by atoms with Gasteiger partial charge in [-0.15, -0.1) is 0 Å². The van der Waals surface area contributed by atoms with Crippen molar-refractivity contribution >= 4 is 5.84 Å². The first-order valence-corrected chi connectivity index (χ1v) is 5.31. The van der Waals surface area contributed by atoms with Crippen molar-refractivity contribution in [1.82, 2.24) is 0 Å². The highest BCUT2D eigenvalue weighted by atomic mass is 16.5. The molecule has 0 saturated heterocycles. The van der Waals surface area contributed by atoms with Gasteiger partial charge in [0.25, 0.3) is 0 Å². The van der Waals surface area contributed by atoms with Crippen LogP contribution in [-0.4, -0.2) is 11.9 Å². The fourth-order valence-corrected chi connectivity index (χ4v) is 1.65. The van der Waals surface area contributed by atoms with E-state index in [9.17, 15) is 0 Å². The molecule has 1 fully saturated rings. The minimum absolute atomic E-state index is 0.114. The number of hydrogen-bond acceptors (Lipinski definition) is 2. The number of hydrogen-bond donors (Lipinski definition) is 2. The molecule has 0 bridgehead atoms. The van der Waals surface area contributed by atoms with Gasteiger partial charge in [-0.1, -0.05) is 24.3 Å². The Morgan fingerprint density at radius 2 is 2.13 bits per heavy atom. The normalized spacial score (nSPS) is 16.0. The monoisotopic (exact) mass is 204 g/mol. The summed E-state index contributed by atoms with van der Waals surface area (Å²) in [6, 6.07) is 7.67. The minimum Gasteiger partial charge on any atom is -0.384 e. The lowest BCUT2D eigenvalue weighted by atomic mass is 9.96. The Balaban J connectivity index is 2.02. The molecule has 2 rings (SSSR count). The third-order valence-corrected chi connectivity index (χ3v) is 2.83. The van der Waals surface area contributed by atoms with Crippen molar-refractivity contribution in [3.8, 4) is 0 Å². The second kappa shape index (κ2) is 4.45. The van der Waals surface area contributed by atoms with Crippen molar-refractivity contribution < 1.29 is 4.74 Å². The summed E-state index contributed by atoms with van der Waals surface area (Å²) in [6.07, 6.45) is 4.04. The van der Waals surface area contributed by atoms with Crippen LogP contribution >= 0.6 is 0 Å². The zero-order chi connectivity index (χ0) is 10.7. The first-order chi connectivity index (χ1) is 7.27. The van der Waals surface area contributed by atoms with Crippen molar-refractivity contribution in [1.29, 1.82) is 5.41 Å². The van der Waals surface area contributed by atoms with Crippen LogP contribution in [0.3, 0.4) is 0 Å². The molecule has 0 heterocycles. The Hall–Kier alpha value is -1.35. The van der Waals surface area contributed by atoms with Crippen LogP contribution in [0.25, 0.3) is 0 Å². The molecule has 0 aliphatic heterocycles. The summed E-state index contributed by atoms with van der Waals surface area (Å²) in [5, 5.41) is 7.44. The van der Waals surface area contributed by atoms with E-state index in [0.29, 0.717) is 12.7 Å². The molecule has 0 spiro atoms. The second-order valence-electron chi connectivity index (χ2n) is 3.93. The van der Waals surface area contributed by atoms with E-state index >= 15 is 0 Å².